The summed E-state index contributed by atoms with van der Waals surface area (Å²) in [6, 6.07) is 41.3. The summed E-state index contributed by atoms with van der Waals surface area (Å²) in [5.74, 6) is 0. The van der Waals surface area contributed by atoms with E-state index in [1.807, 2.05) is 0 Å². The van der Waals surface area contributed by atoms with Crippen molar-refractivity contribution in [1.29, 1.82) is 0 Å². The first-order valence-corrected chi connectivity index (χ1v) is 12.1. The second kappa shape index (κ2) is 8.98. The fraction of sp³-hybridized carbons (Fsp3) is 0.0625. The minimum absolute atomic E-state index is 0.832. The largest absolute Gasteiger partial charge is 0.309 e. The normalized spacial score (nSPS) is 11.4. The zero-order chi connectivity index (χ0) is 22.9. The Labute approximate surface area is 205 Å². The lowest BCUT2D eigenvalue weighted by Gasteiger charge is -2.14. The maximum atomic E-state index is 4.82. The summed E-state index contributed by atoms with van der Waals surface area (Å²) in [5.41, 5.74) is 5.00. The molecule has 0 saturated heterocycles. The molecule has 0 aliphatic heterocycles. The van der Waals surface area contributed by atoms with Crippen LogP contribution in [0.3, 0.4) is 0 Å². The van der Waals surface area contributed by atoms with Crippen LogP contribution in [0.15, 0.2) is 120 Å². The zero-order valence-corrected chi connectivity index (χ0v) is 19.7. The molecule has 0 saturated carbocycles. The van der Waals surface area contributed by atoms with Gasteiger partial charge in [-0.2, -0.15) is 0 Å². The average Bonchev–Trinajstić information content (AvgIpc) is 2.89. The first kappa shape index (κ1) is 21.0. The molecule has 34 heavy (non-hydrogen) atoms. The van der Waals surface area contributed by atoms with Crippen LogP contribution in [0.4, 0.5) is 0 Å². The Morgan fingerprint density at radius 3 is 1.97 bits per heavy atom. The average molecular weight is 456 g/mol. The van der Waals surface area contributed by atoms with Gasteiger partial charge in [-0.25, -0.2) is 0 Å². The van der Waals surface area contributed by atoms with E-state index in [1.54, 1.807) is 0 Å². The molecule has 1 nitrogen and oxygen atoms in total. The van der Waals surface area contributed by atoms with Crippen LogP contribution >= 0.6 is 12.6 Å². The van der Waals surface area contributed by atoms with E-state index >= 15 is 0 Å². The molecule has 0 unspecified atom stereocenters. The summed E-state index contributed by atoms with van der Waals surface area (Å²) in [4.78, 5) is 1.01. The van der Waals surface area contributed by atoms with Crippen molar-refractivity contribution in [3.63, 3.8) is 0 Å². The highest BCUT2D eigenvalue weighted by Gasteiger charge is 2.11. The van der Waals surface area contributed by atoms with Crippen LogP contribution in [-0.2, 0) is 13.1 Å². The van der Waals surface area contributed by atoms with Crippen LogP contribution in [0.2, 0.25) is 0 Å². The number of rotatable bonds is 5. The van der Waals surface area contributed by atoms with Gasteiger partial charge in [0.2, 0.25) is 0 Å². The van der Waals surface area contributed by atoms with Crippen molar-refractivity contribution in [2.45, 2.75) is 18.0 Å². The summed E-state index contributed by atoms with van der Waals surface area (Å²) in [6.07, 6.45) is 0. The summed E-state index contributed by atoms with van der Waals surface area (Å²) >= 11 is 4.82. The molecule has 0 aromatic heterocycles. The quantitative estimate of drug-likeness (QED) is 0.196. The molecule has 6 aromatic carbocycles. The Balaban J connectivity index is 1.30. The smallest absolute Gasteiger partial charge is 0.0208 e. The molecule has 0 aliphatic rings. The van der Waals surface area contributed by atoms with Gasteiger partial charge < -0.3 is 5.32 Å². The lowest BCUT2D eigenvalue weighted by Crippen LogP contribution is -2.12. The fourth-order valence-corrected chi connectivity index (χ4v) is 5.22. The highest BCUT2D eigenvalue weighted by molar-refractivity contribution is 7.80. The molecule has 0 bridgehead atoms. The summed E-state index contributed by atoms with van der Waals surface area (Å²) in [7, 11) is 0. The summed E-state index contributed by atoms with van der Waals surface area (Å²) in [6.45, 7) is 1.68. The summed E-state index contributed by atoms with van der Waals surface area (Å²) < 4.78 is 0. The van der Waals surface area contributed by atoms with E-state index in [1.165, 1.54) is 54.6 Å². The van der Waals surface area contributed by atoms with Crippen LogP contribution in [0, 0.1) is 0 Å². The van der Waals surface area contributed by atoms with Gasteiger partial charge in [-0.1, -0.05) is 97.1 Å². The predicted octanol–water partition coefficient (Wildman–Crippen LogP) is 8.39. The number of hydrogen-bond acceptors (Lipinski definition) is 2. The minimum Gasteiger partial charge on any atom is -0.309 e. The van der Waals surface area contributed by atoms with Gasteiger partial charge in [0.1, 0.15) is 0 Å². The third-order valence-corrected chi connectivity index (χ3v) is 6.95. The zero-order valence-electron chi connectivity index (χ0n) is 18.8. The van der Waals surface area contributed by atoms with E-state index in [-0.39, 0.29) is 0 Å². The molecule has 2 heteroatoms. The third kappa shape index (κ3) is 3.96. The van der Waals surface area contributed by atoms with Crippen molar-refractivity contribution in [2.24, 2.45) is 0 Å². The number of benzene rings is 6. The molecule has 6 rings (SSSR count). The summed E-state index contributed by atoms with van der Waals surface area (Å²) in [5, 5.41) is 11.2. The van der Waals surface area contributed by atoms with Crippen LogP contribution in [0.25, 0.3) is 43.4 Å². The topological polar surface area (TPSA) is 12.0 Å². The Bertz CT molecular complexity index is 1640. The van der Waals surface area contributed by atoms with Crippen LogP contribution < -0.4 is 5.32 Å². The lowest BCUT2D eigenvalue weighted by molar-refractivity contribution is 0.694. The molecule has 1 N–H and O–H groups in total. The number of nitrogens with one attached hydrogen (secondary N) is 1. The molecule has 164 valence electrons. The Hall–Kier alpha value is -3.59. The number of hydrogen-bond donors (Lipinski definition) is 2. The van der Waals surface area contributed by atoms with Gasteiger partial charge in [-0.05, 0) is 67.2 Å². The predicted molar refractivity (Wildman–Crippen MR) is 149 cm³/mol. The van der Waals surface area contributed by atoms with Crippen LogP contribution in [0.1, 0.15) is 11.1 Å². The molecule has 0 heterocycles. The second-order valence-electron chi connectivity index (χ2n) is 8.83. The molecular weight excluding hydrogens is 430 g/mol. The van der Waals surface area contributed by atoms with E-state index in [0.717, 1.165) is 18.0 Å². The van der Waals surface area contributed by atoms with Gasteiger partial charge in [0.05, 0.1) is 0 Å². The molecule has 0 radical (unpaired) electrons. The molecule has 0 atom stereocenters. The van der Waals surface area contributed by atoms with Crippen molar-refractivity contribution < 1.29 is 0 Å². The first-order chi connectivity index (χ1) is 16.8. The maximum absolute atomic E-state index is 4.82. The van der Waals surface area contributed by atoms with Crippen molar-refractivity contribution in [1.82, 2.24) is 5.32 Å². The van der Waals surface area contributed by atoms with Gasteiger partial charge in [-0.15, -0.1) is 12.6 Å². The van der Waals surface area contributed by atoms with Crippen molar-refractivity contribution in [2.75, 3.05) is 0 Å². The van der Waals surface area contributed by atoms with E-state index in [4.69, 9.17) is 12.6 Å². The van der Waals surface area contributed by atoms with Gasteiger partial charge in [0.25, 0.3) is 0 Å². The SMILES string of the molecule is Sc1ccc2ccc3cc(CNCc4ccc5ccccc5c4)ccc3c2c1-c1ccccc1. The third-order valence-electron chi connectivity index (χ3n) is 6.58. The highest BCUT2D eigenvalue weighted by Crippen LogP contribution is 2.38. The molecule has 6 aromatic rings. The van der Waals surface area contributed by atoms with Crippen molar-refractivity contribution >= 4 is 44.9 Å². The Morgan fingerprint density at radius 2 is 1.15 bits per heavy atom. The van der Waals surface area contributed by atoms with Gasteiger partial charge in [-0.3, -0.25) is 0 Å². The lowest BCUT2D eigenvalue weighted by atomic mass is 9.93. The first-order valence-electron chi connectivity index (χ1n) is 11.7. The van der Waals surface area contributed by atoms with Crippen molar-refractivity contribution in [3.8, 4) is 11.1 Å². The van der Waals surface area contributed by atoms with E-state index in [9.17, 15) is 0 Å². The number of thiol groups is 1. The van der Waals surface area contributed by atoms with Gasteiger partial charge in [0.15, 0.2) is 0 Å². The Morgan fingerprint density at radius 1 is 0.529 bits per heavy atom. The molecule has 0 amide bonds. The van der Waals surface area contributed by atoms with Gasteiger partial charge >= 0.3 is 0 Å². The molecule has 0 spiro atoms. The maximum Gasteiger partial charge on any atom is 0.0208 e. The standard InChI is InChI=1S/C32H25NS/c34-30-17-15-26-13-14-28-19-23(11-16-29(28)31(26)32(30)25-7-2-1-3-8-25)21-33-20-22-10-12-24-6-4-5-9-27(24)18-22/h1-19,33-34H,20-21H2. The number of fused-ring (bicyclic) bond motifs is 4. The van der Waals surface area contributed by atoms with Gasteiger partial charge in [0, 0.05) is 23.5 Å². The van der Waals surface area contributed by atoms with Crippen molar-refractivity contribution in [3.05, 3.63) is 126 Å². The molecule has 0 fully saturated rings. The second-order valence-corrected chi connectivity index (χ2v) is 9.31. The van der Waals surface area contributed by atoms with E-state index < -0.39 is 0 Å². The van der Waals surface area contributed by atoms with E-state index in [0.29, 0.717) is 0 Å². The monoisotopic (exact) mass is 455 g/mol. The van der Waals surface area contributed by atoms with Crippen LogP contribution in [-0.4, -0.2) is 0 Å². The fourth-order valence-electron chi connectivity index (χ4n) is 4.90. The Kier molecular flexibility index (Phi) is 5.54. The molecular formula is C32H25NS. The highest BCUT2D eigenvalue weighted by atomic mass is 32.1. The van der Waals surface area contributed by atoms with E-state index in [2.05, 4.69) is 121 Å². The molecule has 0 aliphatic carbocycles. The van der Waals surface area contributed by atoms with Crippen LogP contribution in [0.5, 0.6) is 0 Å². The minimum atomic E-state index is 0.832.